The lowest BCUT2D eigenvalue weighted by Gasteiger charge is -2.37. The van der Waals surface area contributed by atoms with E-state index >= 15 is 0 Å². The molecule has 2 aromatic carbocycles. The number of nitrogens with zero attached hydrogens (tertiary/aromatic N) is 5. The van der Waals surface area contributed by atoms with Crippen LogP contribution in [0.5, 0.6) is 5.75 Å². The number of hydrogen-bond donors (Lipinski definition) is 0. The van der Waals surface area contributed by atoms with Gasteiger partial charge in [-0.15, -0.1) is 0 Å². The molecule has 4 amide bonds. The van der Waals surface area contributed by atoms with Crippen LogP contribution in [0.25, 0.3) is 10.8 Å². The van der Waals surface area contributed by atoms with E-state index in [4.69, 9.17) is 9.47 Å². The lowest BCUT2D eigenvalue weighted by molar-refractivity contribution is -0.129. The predicted molar refractivity (Wildman–Crippen MR) is 155 cm³/mol. The number of imide groups is 1. The predicted octanol–water partition coefficient (Wildman–Crippen LogP) is 4.80. The van der Waals surface area contributed by atoms with Crippen LogP contribution < -0.4 is 14.5 Å². The fraction of sp³-hybridized carbons (Fsp3) is 0.419. The first-order valence-corrected chi connectivity index (χ1v) is 14.0. The second-order valence-electron chi connectivity index (χ2n) is 11.9. The Balaban J connectivity index is 1.24. The maximum Gasteiger partial charge on any atom is 0.410 e. The number of benzene rings is 2. The zero-order valence-corrected chi connectivity index (χ0v) is 23.9. The number of hydrogen-bond acceptors (Lipinski definition) is 7. The zero-order valence-electron chi connectivity index (χ0n) is 23.9. The first kappa shape index (κ1) is 26.9. The van der Waals surface area contributed by atoms with Gasteiger partial charge in [-0.1, -0.05) is 24.3 Å². The molecule has 0 aliphatic carbocycles. The maximum absolute atomic E-state index is 13.7. The van der Waals surface area contributed by atoms with Crippen molar-refractivity contribution in [2.75, 3.05) is 36.5 Å². The number of rotatable bonds is 5. The van der Waals surface area contributed by atoms with Crippen LogP contribution in [0.2, 0.25) is 0 Å². The number of likely N-dealkylation sites (tertiary alicyclic amines) is 1. The average molecular weight is 558 g/mol. The smallest absolute Gasteiger partial charge is 0.410 e. The first-order valence-electron chi connectivity index (χ1n) is 14.0. The highest BCUT2D eigenvalue weighted by Crippen LogP contribution is 2.40. The molecule has 3 fully saturated rings. The third-order valence-electron chi connectivity index (χ3n) is 8.04. The van der Waals surface area contributed by atoms with Crippen molar-refractivity contribution in [2.24, 2.45) is 0 Å². The van der Waals surface area contributed by atoms with E-state index in [1.54, 1.807) is 18.2 Å². The van der Waals surface area contributed by atoms with Gasteiger partial charge in [0.2, 0.25) is 5.91 Å². The molecule has 10 nitrogen and oxygen atoms in total. The fourth-order valence-electron chi connectivity index (χ4n) is 6.12. The maximum atomic E-state index is 13.7. The monoisotopic (exact) mass is 557 g/mol. The Bertz CT molecular complexity index is 1500. The molecule has 0 unspecified atom stereocenters. The molecule has 3 saturated heterocycles. The van der Waals surface area contributed by atoms with Crippen LogP contribution in [0.3, 0.4) is 0 Å². The molecule has 214 valence electrons. The third kappa shape index (κ3) is 5.03. The summed E-state index contributed by atoms with van der Waals surface area (Å²) in [6.07, 6.45) is 4.39. The van der Waals surface area contributed by atoms with E-state index in [1.165, 1.54) is 4.90 Å². The van der Waals surface area contributed by atoms with Crippen LogP contribution in [0.1, 0.15) is 39.2 Å². The number of amides is 4. The molecular weight excluding hydrogens is 522 g/mol. The average Bonchev–Trinajstić information content (AvgIpc) is 3.56. The lowest BCUT2D eigenvalue weighted by atomic mass is 10.1. The minimum absolute atomic E-state index is 0.0856. The van der Waals surface area contributed by atoms with Crippen LogP contribution in [0, 0.1) is 0 Å². The number of methoxy groups -OCH3 is 1. The van der Waals surface area contributed by atoms with Gasteiger partial charge in [-0.05, 0) is 51.0 Å². The summed E-state index contributed by atoms with van der Waals surface area (Å²) in [7, 11) is 1.60. The lowest BCUT2D eigenvalue weighted by Crippen LogP contribution is -2.52. The number of urea groups is 1. The van der Waals surface area contributed by atoms with E-state index < -0.39 is 5.60 Å². The molecule has 10 heteroatoms. The van der Waals surface area contributed by atoms with E-state index in [9.17, 15) is 14.4 Å². The van der Waals surface area contributed by atoms with Gasteiger partial charge in [-0.3, -0.25) is 19.6 Å². The summed E-state index contributed by atoms with van der Waals surface area (Å²) in [5, 5.41) is 1.84. The summed E-state index contributed by atoms with van der Waals surface area (Å²) in [6, 6.07) is 13.3. The van der Waals surface area contributed by atoms with Crippen molar-refractivity contribution in [3.05, 3.63) is 60.4 Å². The Kier molecular flexibility index (Phi) is 6.71. The van der Waals surface area contributed by atoms with Crippen LogP contribution in [0.4, 0.5) is 21.0 Å². The highest BCUT2D eigenvalue weighted by Gasteiger charge is 2.47. The molecule has 4 heterocycles. The standard InChI is InChI=1S/C31H35N5O5/c1-31(2,3)41-30(39)35-19-21-14-22(35)18-34(21)26-7-5-6-24-25(26)15-32-16-27(24)33-13-12-28(37)36(29(33)38)17-20-8-10-23(40-4)11-9-20/h5-11,15-16,21-22H,12-14,17-19H2,1-4H3/t21-,22-/m0/s1. The molecule has 0 radical (unpaired) electrons. The molecule has 1 aromatic heterocycles. The van der Waals surface area contributed by atoms with E-state index in [1.807, 2.05) is 68.3 Å². The zero-order chi connectivity index (χ0) is 28.9. The highest BCUT2D eigenvalue weighted by molar-refractivity contribution is 6.11. The number of pyridine rings is 1. The van der Waals surface area contributed by atoms with E-state index in [-0.39, 0.29) is 43.1 Å². The van der Waals surface area contributed by atoms with Gasteiger partial charge in [0.15, 0.2) is 0 Å². The second-order valence-corrected chi connectivity index (χ2v) is 11.9. The van der Waals surface area contributed by atoms with Gasteiger partial charge in [-0.25, -0.2) is 9.59 Å². The summed E-state index contributed by atoms with van der Waals surface area (Å²) in [4.78, 5) is 50.9. The van der Waals surface area contributed by atoms with Crippen molar-refractivity contribution in [3.63, 3.8) is 0 Å². The second kappa shape index (κ2) is 10.2. The van der Waals surface area contributed by atoms with Gasteiger partial charge in [0.05, 0.1) is 31.6 Å². The Labute approximate surface area is 239 Å². The van der Waals surface area contributed by atoms with Crippen molar-refractivity contribution >= 4 is 40.2 Å². The summed E-state index contributed by atoms with van der Waals surface area (Å²) in [5.74, 6) is 0.520. The van der Waals surface area contributed by atoms with Crippen molar-refractivity contribution in [2.45, 2.75) is 57.8 Å². The Morgan fingerprint density at radius 2 is 1.76 bits per heavy atom. The van der Waals surface area contributed by atoms with Crippen molar-refractivity contribution in [1.29, 1.82) is 0 Å². The van der Waals surface area contributed by atoms with Gasteiger partial charge in [0.25, 0.3) is 0 Å². The molecule has 3 aliphatic rings. The molecule has 6 rings (SSSR count). The number of aromatic nitrogens is 1. The number of carbonyl (C=O) groups excluding carboxylic acids is 3. The van der Waals surface area contributed by atoms with Crippen LogP contribution in [-0.2, 0) is 16.1 Å². The topological polar surface area (TPSA) is 95.5 Å². The first-order chi connectivity index (χ1) is 19.6. The number of ether oxygens (including phenoxy) is 2. The molecule has 3 aromatic rings. The summed E-state index contributed by atoms with van der Waals surface area (Å²) in [6.45, 7) is 7.44. The summed E-state index contributed by atoms with van der Waals surface area (Å²) in [5.41, 5.74) is 2.03. The minimum atomic E-state index is -0.531. The molecule has 3 aliphatic heterocycles. The van der Waals surface area contributed by atoms with Crippen molar-refractivity contribution < 1.29 is 23.9 Å². The summed E-state index contributed by atoms with van der Waals surface area (Å²) >= 11 is 0. The molecule has 2 bridgehead atoms. The van der Waals surface area contributed by atoms with Crippen LogP contribution in [0.15, 0.2) is 54.9 Å². The van der Waals surface area contributed by atoms with Crippen molar-refractivity contribution in [1.82, 2.24) is 14.8 Å². The normalized spacial score (nSPS) is 20.8. The van der Waals surface area contributed by atoms with Gasteiger partial charge in [0.1, 0.15) is 11.4 Å². The molecule has 41 heavy (non-hydrogen) atoms. The van der Waals surface area contributed by atoms with Crippen LogP contribution in [-0.4, -0.2) is 77.2 Å². The Morgan fingerprint density at radius 3 is 2.44 bits per heavy atom. The molecule has 0 spiro atoms. The van der Waals surface area contributed by atoms with Gasteiger partial charge in [0, 0.05) is 54.8 Å². The Hall–Kier alpha value is -4.34. The minimum Gasteiger partial charge on any atom is -0.497 e. The molecule has 0 N–H and O–H groups in total. The molecule has 0 saturated carbocycles. The SMILES string of the molecule is COc1ccc(CN2C(=O)CCN(c3cncc4c(N5C[C@@H]6C[C@H]5CN6C(=O)OC(C)(C)C)cccc34)C2=O)cc1. The van der Waals surface area contributed by atoms with Gasteiger partial charge in [-0.2, -0.15) is 0 Å². The van der Waals surface area contributed by atoms with Gasteiger partial charge >= 0.3 is 12.1 Å². The number of anilines is 2. The van der Waals surface area contributed by atoms with E-state index in [0.717, 1.165) is 28.4 Å². The van der Waals surface area contributed by atoms with E-state index in [2.05, 4.69) is 16.0 Å². The molecule has 2 atom stereocenters. The van der Waals surface area contributed by atoms with Crippen LogP contribution >= 0.6 is 0 Å². The quantitative estimate of drug-likeness (QED) is 0.445. The fourth-order valence-corrected chi connectivity index (χ4v) is 6.12. The summed E-state index contributed by atoms with van der Waals surface area (Å²) < 4.78 is 10.9. The van der Waals surface area contributed by atoms with E-state index in [0.29, 0.717) is 31.1 Å². The number of fused-ring (bicyclic) bond motifs is 3. The van der Waals surface area contributed by atoms with Crippen molar-refractivity contribution in [3.8, 4) is 5.75 Å². The largest absolute Gasteiger partial charge is 0.497 e. The van der Waals surface area contributed by atoms with Gasteiger partial charge < -0.3 is 19.3 Å². The highest BCUT2D eigenvalue weighted by atomic mass is 16.6. The number of piperazine rings is 1. The third-order valence-corrected chi connectivity index (χ3v) is 8.04. The Morgan fingerprint density at radius 1 is 0.976 bits per heavy atom. The number of carbonyl (C=O) groups is 3. The molecular formula is C31H35N5O5.